The van der Waals surface area contributed by atoms with Crippen LogP contribution in [0.15, 0.2) is 0 Å². The maximum absolute atomic E-state index is 12.4. The third-order valence-corrected chi connectivity index (χ3v) is 3.42. The molecule has 0 aromatic rings. The average molecular weight is 487 g/mol. The molecule has 0 aliphatic rings. The van der Waals surface area contributed by atoms with Crippen LogP contribution in [0.4, 0.5) is 0 Å². The zero-order chi connectivity index (χ0) is 18.6. The Kier molecular flexibility index (Phi) is 15.5. The van der Waals surface area contributed by atoms with E-state index in [2.05, 4.69) is 5.32 Å². The van der Waals surface area contributed by atoms with E-state index in [9.17, 15) is 14.4 Å². The third kappa shape index (κ3) is 9.07. The summed E-state index contributed by atoms with van der Waals surface area (Å²) < 4.78 is 20.1. The van der Waals surface area contributed by atoms with E-state index < -0.39 is 29.5 Å². The molecule has 1 N–H and O–H groups in total. The van der Waals surface area contributed by atoms with E-state index in [0.29, 0.717) is 0 Å². The molecule has 1 amide bonds. The Bertz CT molecular complexity index is 405. The number of hydrogen-bond acceptors (Lipinski definition) is 7. The van der Waals surface area contributed by atoms with Crippen LogP contribution in [0.5, 0.6) is 0 Å². The molecule has 0 heterocycles. The smallest absolute Gasteiger partial charge is 0.343 e. The summed E-state index contributed by atoms with van der Waals surface area (Å²) in [5.41, 5.74) is -1.93. The van der Waals surface area contributed by atoms with Crippen LogP contribution in [0, 0.1) is 0 Å². The van der Waals surface area contributed by atoms with E-state index in [1.807, 2.05) is 0 Å². The normalized spacial score (nSPS) is 11.9. The first kappa shape index (κ1) is 26.6. The Hall–Kier alpha value is -0.581. The van der Waals surface area contributed by atoms with Crippen molar-refractivity contribution in [3.05, 3.63) is 0 Å². The van der Waals surface area contributed by atoms with Crippen molar-refractivity contribution in [2.24, 2.45) is 0 Å². The SMILES string of the molecule is CCOC(=O)C(CC[C@@H](CCl)OCOC)(NC(C)=O)C(=O)OCC.[Sn]. The molecule has 144 valence electrons. The van der Waals surface area contributed by atoms with Gasteiger partial charge in [-0.15, -0.1) is 11.6 Å². The van der Waals surface area contributed by atoms with Crippen LogP contribution in [0.1, 0.15) is 33.6 Å². The van der Waals surface area contributed by atoms with Crippen LogP contribution < -0.4 is 5.32 Å². The number of carbonyl (C=O) groups excluding carboxylic acids is 3. The first-order valence-corrected chi connectivity index (χ1v) is 8.21. The molecule has 0 saturated heterocycles. The van der Waals surface area contributed by atoms with Crippen LogP contribution >= 0.6 is 11.6 Å². The van der Waals surface area contributed by atoms with Gasteiger partial charge in [-0.2, -0.15) is 0 Å². The summed E-state index contributed by atoms with van der Waals surface area (Å²) in [6.07, 6.45) is -0.334. The summed E-state index contributed by atoms with van der Waals surface area (Å²) in [7, 11) is 1.46. The van der Waals surface area contributed by atoms with Crippen molar-refractivity contribution in [1.82, 2.24) is 5.32 Å². The van der Waals surface area contributed by atoms with E-state index in [1.54, 1.807) is 13.8 Å². The second kappa shape index (κ2) is 14.6. The average Bonchev–Trinajstić information content (AvgIpc) is 2.53. The Labute approximate surface area is 170 Å². The Morgan fingerprint density at radius 2 is 1.64 bits per heavy atom. The van der Waals surface area contributed by atoms with Crippen molar-refractivity contribution in [2.45, 2.75) is 45.3 Å². The number of methoxy groups -OCH3 is 1. The van der Waals surface area contributed by atoms with Crippen molar-refractivity contribution in [1.29, 1.82) is 0 Å². The van der Waals surface area contributed by atoms with Gasteiger partial charge in [0.05, 0.1) is 19.3 Å². The molecular weight excluding hydrogens is 460 g/mol. The van der Waals surface area contributed by atoms with Gasteiger partial charge in [-0.3, -0.25) is 4.79 Å². The van der Waals surface area contributed by atoms with Crippen molar-refractivity contribution in [2.75, 3.05) is 33.0 Å². The van der Waals surface area contributed by atoms with Gasteiger partial charge in [0.1, 0.15) is 6.79 Å². The number of nitrogens with one attached hydrogen (secondary N) is 1. The number of hydrogen-bond donors (Lipinski definition) is 1. The quantitative estimate of drug-likeness (QED) is 0.142. The summed E-state index contributed by atoms with van der Waals surface area (Å²) in [6, 6.07) is 0. The number of esters is 2. The molecule has 0 spiro atoms. The van der Waals surface area contributed by atoms with Gasteiger partial charge in [0.25, 0.3) is 0 Å². The summed E-state index contributed by atoms with van der Waals surface area (Å²) >= 11 is 5.82. The molecule has 0 unspecified atom stereocenters. The fraction of sp³-hybridized carbons (Fsp3) is 0.800. The van der Waals surface area contributed by atoms with Crippen molar-refractivity contribution >= 4 is 53.4 Å². The Balaban J connectivity index is 0. The minimum absolute atomic E-state index is 0. The number of alkyl halides is 1. The van der Waals surface area contributed by atoms with Crippen molar-refractivity contribution < 1.29 is 33.3 Å². The van der Waals surface area contributed by atoms with Crippen LogP contribution in [0.3, 0.4) is 0 Å². The Morgan fingerprint density at radius 3 is 2.00 bits per heavy atom. The minimum Gasteiger partial charge on any atom is -0.464 e. The van der Waals surface area contributed by atoms with E-state index in [4.69, 9.17) is 30.5 Å². The predicted octanol–water partition coefficient (Wildman–Crippen LogP) is 0.615. The summed E-state index contributed by atoms with van der Waals surface area (Å²) in [6.45, 7) is 4.53. The van der Waals surface area contributed by atoms with E-state index >= 15 is 0 Å². The fourth-order valence-corrected chi connectivity index (χ4v) is 2.25. The van der Waals surface area contributed by atoms with Gasteiger partial charge in [0.2, 0.25) is 11.4 Å². The van der Waals surface area contributed by atoms with Crippen molar-refractivity contribution in [3.63, 3.8) is 0 Å². The van der Waals surface area contributed by atoms with Crippen LogP contribution in [0.25, 0.3) is 0 Å². The summed E-state index contributed by atoms with van der Waals surface area (Å²) in [5.74, 6) is -2.18. The van der Waals surface area contributed by atoms with Gasteiger partial charge in [0, 0.05) is 43.8 Å². The Morgan fingerprint density at radius 1 is 1.12 bits per heavy atom. The number of rotatable bonds is 12. The molecule has 0 saturated carbocycles. The maximum Gasteiger partial charge on any atom is 0.343 e. The second-order valence-electron chi connectivity index (χ2n) is 4.92. The minimum atomic E-state index is -1.93. The molecule has 0 aromatic carbocycles. The first-order valence-electron chi connectivity index (χ1n) is 7.67. The van der Waals surface area contributed by atoms with Crippen molar-refractivity contribution in [3.8, 4) is 0 Å². The van der Waals surface area contributed by atoms with Gasteiger partial charge in [-0.25, -0.2) is 9.59 Å². The number of amides is 1. The fourth-order valence-electron chi connectivity index (χ4n) is 2.01. The predicted molar refractivity (Wildman–Crippen MR) is 92.3 cm³/mol. The first-order chi connectivity index (χ1) is 11.4. The molecule has 0 aliphatic heterocycles. The van der Waals surface area contributed by atoms with Crippen LogP contribution in [0.2, 0.25) is 0 Å². The standard InChI is InChI=1S/C15H26ClNO7.Sn/c1-5-22-13(19)15(17-11(3)18,14(20)23-6-2)8-7-12(9-16)24-10-21-4;/h12H,5-10H2,1-4H3,(H,17,18);/t12-;/m0./s1. The molecular formula is C15H26ClNO7Sn. The molecule has 0 rings (SSSR count). The summed E-state index contributed by atoms with van der Waals surface area (Å²) in [4.78, 5) is 36.4. The largest absolute Gasteiger partial charge is 0.464 e. The van der Waals surface area contributed by atoms with Crippen LogP contribution in [-0.4, -0.2) is 86.4 Å². The molecule has 0 fully saturated rings. The maximum atomic E-state index is 12.4. The number of halogens is 1. The van der Waals surface area contributed by atoms with E-state index in [0.717, 1.165) is 0 Å². The molecule has 10 heteroatoms. The van der Waals surface area contributed by atoms with Gasteiger partial charge in [0.15, 0.2) is 0 Å². The molecule has 0 bridgehead atoms. The zero-order valence-electron chi connectivity index (χ0n) is 15.1. The second-order valence-corrected chi connectivity index (χ2v) is 5.22. The third-order valence-electron chi connectivity index (χ3n) is 3.07. The molecule has 0 aliphatic carbocycles. The molecule has 0 aromatic heterocycles. The van der Waals surface area contributed by atoms with Crippen LogP contribution in [-0.2, 0) is 33.3 Å². The van der Waals surface area contributed by atoms with Gasteiger partial charge < -0.3 is 24.3 Å². The van der Waals surface area contributed by atoms with Gasteiger partial charge in [-0.1, -0.05) is 0 Å². The van der Waals surface area contributed by atoms with E-state index in [-0.39, 0.29) is 62.6 Å². The monoisotopic (exact) mass is 487 g/mol. The molecule has 4 radical (unpaired) electrons. The topological polar surface area (TPSA) is 100 Å². The van der Waals surface area contributed by atoms with Gasteiger partial charge >= 0.3 is 11.9 Å². The van der Waals surface area contributed by atoms with E-state index in [1.165, 1.54) is 14.0 Å². The van der Waals surface area contributed by atoms with Gasteiger partial charge in [-0.05, 0) is 26.7 Å². The molecule has 8 nitrogen and oxygen atoms in total. The molecule has 1 atom stereocenters. The number of ether oxygens (including phenoxy) is 4. The summed E-state index contributed by atoms with van der Waals surface area (Å²) in [5, 5.41) is 2.38. The number of carbonyl (C=O) groups is 3. The molecule has 25 heavy (non-hydrogen) atoms. The zero-order valence-corrected chi connectivity index (χ0v) is 18.7.